The highest BCUT2D eigenvalue weighted by molar-refractivity contribution is 6.45. The van der Waals surface area contributed by atoms with Gasteiger partial charge in [-0.3, -0.25) is 0 Å². The van der Waals surface area contributed by atoms with E-state index in [1.54, 1.807) is 30.3 Å². The Kier molecular flexibility index (Phi) is 4.53. The Morgan fingerprint density at radius 3 is 2.38 bits per heavy atom. The lowest BCUT2D eigenvalue weighted by atomic mass is 10.1. The van der Waals surface area contributed by atoms with Gasteiger partial charge in [0.25, 0.3) is 0 Å². The second-order valence-corrected chi connectivity index (χ2v) is 4.04. The molecule has 0 radical (unpaired) electrons. The Morgan fingerprint density at radius 1 is 1.38 bits per heavy atom. The van der Waals surface area contributed by atoms with Gasteiger partial charge in [-0.05, 0) is 28.8 Å². The molecule has 1 rings (SSSR count). The van der Waals surface area contributed by atoms with E-state index in [9.17, 15) is 9.18 Å². The summed E-state index contributed by atoms with van der Waals surface area (Å²) >= 11 is 10.1. The number of alkyl halides is 3. The van der Waals surface area contributed by atoms with Gasteiger partial charge in [-0.15, -0.1) is 0 Å². The van der Waals surface area contributed by atoms with Crippen molar-refractivity contribution in [2.24, 2.45) is 0 Å². The molecule has 0 fully saturated rings. The fourth-order valence-corrected chi connectivity index (χ4v) is 1.30. The Hall–Kier alpha value is -0.840. The van der Waals surface area contributed by atoms with Gasteiger partial charge in [-0.1, -0.05) is 30.3 Å². The van der Waals surface area contributed by atoms with E-state index in [1.807, 2.05) is 0 Å². The zero-order valence-electron chi connectivity index (χ0n) is 8.32. The van der Waals surface area contributed by atoms with Crippen molar-refractivity contribution in [2.45, 2.75) is 10.9 Å². The first-order valence-electron chi connectivity index (χ1n) is 4.31. The van der Waals surface area contributed by atoms with E-state index in [4.69, 9.17) is 23.2 Å². The smallest absolute Gasteiger partial charge is 0.368 e. The molecule has 0 amide bonds. The van der Waals surface area contributed by atoms with E-state index >= 15 is 0 Å². The molecule has 1 atom stereocenters. The van der Waals surface area contributed by atoms with Crippen LogP contribution >= 0.6 is 23.2 Å². The molecular weight excluding hydrogens is 258 g/mol. The van der Waals surface area contributed by atoms with Crippen molar-refractivity contribution in [3.63, 3.8) is 0 Å². The molecule has 6 heteroatoms. The lowest BCUT2D eigenvalue weighted by Gasteiger charge is -2.19. The number of hydrogen-bond donors (Lipinski definition) is 0. The van der Waals surface area contributed by atoms with Gasteiger partial charge < -0.3 is 9.47 Å². The Morgan fingerprint density at radius 2 is 1.94 bits per heavy atom. The molecule has 0 heterocycles. The van der Waals surface area contributed by atoms with Gasteiger partial charge in [0, 0.05) is 0 Å². The molecule has 0 aliphatic heterocycles. The van der Waals surface area contributed by atoms with Crippen LogP contribution in [0.2, 0.25) is 0 Å². The summed E-state index contributed by atoms with van der Waals surface area (Å²) < 4.78 is 19.0. The van der Waals surface area contributed by atoms with Crippen molar-refractivity contribution < 1.29 is 18.7 Å². The number of benzene rings is 1. The maximum Gasteiger partial charge on any atom is 0.368 e. The number of rotatable bonds is 4. The molecule has 0 saturated heterocycles. The largest absolute Gasteiger partial charge is 0.467 e. The van der Waals surface area contributed by atoms with Crippen LogP contribution in [0.3, 0.4) is 0 Å². The van der Waals surface area contributed by atoms with Gasteiger partial charge in [0.2, 0.25) is 0 Å². The summed E-state index contributed by atoms with van der Waals surface area (Å²) in [6.07, 6.45) is -1.30. The predicted octanol–water partition coefficient (Wildman–Crippen LogP) is 2.98. The average molecular weight is 267 g/mol. The quantitative estimate of drug-likeness (QED) is 0.621. The van der Waals surface area contributed by atoms with Crippen LogP contribution in [0.4, 0.5) is 4.39 Å². The minimum absolute atomic E-state index is 0.401. The third-order valence-corrected chi connectivity index (χ3v) is 1.95. The SMILES string of the molecule is COC(=O)C(OC(F)(Cl)Cl)c1ccccc1. The summed E-state index contributed by atoms with van der Waals surface area (Å²) in [6, 6.07) is 8.21. The summed E-state index contributed by atoms with van der Waals surface area (Å²) in [6.45, 7) is 0. The highest BCUT2D eigenvalue weighted by atomic mass is 35.5. The number of carbonyl (C=O) groups is 1. The topological polar surface area (TPSA) is 35.5 Å². The molecular formula is C10H9Cl2FO3. The molecule has 0 bridgehead atoms. The first-order valence-corrected chi connectivity index (χ1v) is 5.07. The molecule has 1 aromatic carbocycles. The highest BCUT2D eigenvalue weighted by Crippen LogP contribution is 2.32. The van der Waals surface area contributed by atoms with Crippen molar-refractivity contribution in [2.75, 3.05) is 7.11 Å². The summed E-state index contributed by atoms with van der Waals surface area (Å²) in [4.78, 5) is 11.4. The van der Waals surface area contributed by atoms with E-state index in [0.29, 0.717) is 5.56 Å². The number of halogens is 3. The molecule has 88 valence electrons. The Bertz CT molecular complexity index is 351. The molecule has 0 N–H and O–H groups in total. The molecule has 1 unspecified atom stereocenters. The molecule has 1 aromatic rings. The van der Waals surface area contributed by atoms with Crippen molar-refractivity contribution >= 4 is 29.2 Å². The van der Waals surface area contributed by atoms with Crippen molar-refractivity contribution in [1.29, 1.82) is 0 Å². The second kappa shape index (κ2) is 5.48. The van der Waals surface area contributed by atoms with Gasteiger partial charge in [-0.25, -0.2) is 4.79 Å². The van der Waals surface area contributed by atoms with Crippen LogP contribution in [0.15, 0.2) is 30.3 Å². The fraction of sp³-hybridized carbons (Fsp3) is 0.300. The number of methoxy groups -OCH3 is 1. The van der Waals surface area contributed by atoms with E-state index in [2.05, 4.69) is 9.47 Å². The second-order valence-electron chi connectivity index (χ2n) is 2.88. The van der Waals surface area contributed by atoms with Crippen LogP contribution < -0.4 is 0 Å². The first-order chi connectivity index (χ1) is 7.44. The van der Waals surface area contributed by atoms with Crippen molar-refractivity contribution in [1.82, 2.24) is 0 Å². The molecule has 0 aliphatic rings. The standard InChI is InChI=1S/C10H9Cl2FO3/c1-15-9(14)8(16-10(11,12)13)7-5-3-2-4-6-7/h2-6,8H,1H3. The number of carbonyl (C=O) groups excluding carboxylic acids is 1. The van der Waals surface area contributed by atoms with Gasteiger partial charge in [-0.2, -0.15) is 4.39 Å². The third kappa shape index (κ3) is 3.96. The summed E-state index contributed by atoms with van der Waals surface area (Å²) in [5, 5.41) is 0. The minimum Gasteiger partial charge on any atom is -0.467 e. The van der Waals surface area contributed by atoms with E-state index in [1.165, 1.54) is 0 Å². The highest BCUT2D eigenvalue weighted by Gasteiger charge is 2.34. The summed E-state index contributed by atoms with van der Waals surface area (Å²) in [5.74, 6) is -0.783. The fourth-order valence-electron chi connectivity index (χ4n) is 1.12. The van der Waals surface area contributed by atoms with E-state index in [-0.39, 0.29) is 0 Å². The predicted molar refractivity (Wildman–Crippen MR) is 57.8 cm³/mol. The summed E-state index contributed by atoms with van der Waals surface area (Å²) in [7, 11) is 1.16. The van der Waals surface area contributed by atoms with Crippen molar-refractivity contribution in [3.05, 3.63) is 35.9 Å². The Labute approximate surface area is 102 Å². The summed E-state index contributed by atoms with van der Waals surface area (Å²) in [5.41, 5.74) is 0.401. The van der Waals surface area contributed by atoms with Crippen LogP contribution in [0.1, 0.15) is 11.7 Å². The third-order valence-electron chi connectivity index (χ3n) is 1.77. The first kappa shape index (κ1) is 13.2. The lowest BCUT2D eigenvalue weighted by molar-refractivity contribution is -0.164. The monoisotopic (exact) mass is 266 g/mol. The van der Waals surface area contributed by atoms with Gasteiger partial charge in [0.05, 0.1) is 7.11 Å². The van der Waals surface area contributed by atoms with Crippen LogP contribution in [0.5, 0.6) is 0 Å². The van der Waals surface area contributed by atoms with Crippen LogP contribution in [-0.4, -0.2) is 17.9 Å². The molecule has 16 heavy (non-hydrogen) atoms. The number of hydrogen-bond acceptors (Lipinski definition) is 3. The van der Waals surface area contributed by atoms with Gasteiger partial charge >= 0.3 is 10.7 Å². The maximum absolute atomic E-state index is 12.9. The maximum atomic E-state index is 12.9. The van der Waals surface area contributed by atoms with Gasteiger partial charge in [0.1, 0.15) is 0 Å². The normalized spacial score (nSPS) is 13.2. The lowest BCUT2D eigenvalue weighted by Crippen LogP contribution is -2.23. The van der Waals surface area contributed by atoms with E-state index < -0.39 is 16.8 Å². The Balaban J connectivity index is 2.93. The molecule has 3 nitrogen and oxygen atoms in total. The van der Waals surface area contributed by atoms with E-state index in [0.717, 1.165) is 7.11 Å². The van der Waals surface area contributed by atoms with Crippen LogP contribution in [0.25, 0.3) is 0 Å². The molecule has 0 aliphatic carbocycles. The molecule has 0 aromatic heterocycles. The van der Waals surface area contributed by atoms with Crippen LogP contribution in [-0.2, 0) is 14.3 Å². The number of ether oxygens (including phenoxy) is 2. The van der Waals surface area contributed by atoms with Gasteiger partial charge in [0.15, 0.2) is 6.10 Å². The minimum atomic E-state index is -2.95. The van der Waals surface area contributed by atoms with Crippen molar-refractivity contribution in [3.8, 4) is 0 Å². The molecule has 0 spiro atoms. The zero-order chi connectivity index (χ0) is 12.2. The average Bonchev–Trinajstić information content (AvgIpc) is 2.25. The molecule has 0 saturated carbocycles. The zero-order valence-corrected chi connectivity index (χ0v) is 9.83. The van der Waals surface area contributed by atoms with Crippen LogP contribution in [0, 0.1) is 0 Å². The number of esters is 1.